The maximum absolute atomic E-state index is 6.04. The van der Waals surface area contributed by atoms with Gasteiger partial charge in [0.05, 0.1) is 6.20 Å². The number of hydrogen-bond donors (Lipinski definition) is 0. The summed E-state index contributed by atoms with van der Waals surface area (Å²) in [7, 11) is 0. The van der Waals surface area contributed by atoms with Crippen LogP contribution in [0.15, 0.2) is 442 Å². The van der Waals surface area contributed by atoms with E-state index in [0.29, 0.717) is 0 Å². The Morgan fingerprint density at radius 1 is 0.199 bits per heavy atom. The van der Waals surface area contributed by atoms with Gasteiger partial charge in [-0.1, -0.05) is 272 Å². The van der Waals surface area contributed by atoms with Crippen LogP contribution in [0.3, 0.4) is 0 Å². The first-order chi connectivity index (χ1) is 70.0. The Morgan fingerprint density at radius 3 is 0.979 bits per heavy atom. The molecule has 0 aliphatic rings. The van der Waals surface area contributed by atoms with Crippen LogP contribution in [0.2, 0.25) is 0 Å². The number of pyridine rings is 6. The minimum atomic E-state index is 0. The van der Waals surface area contributed by atoms with E-state index in [2.05, 4.69) is 458 Å². The Morgan fingerprint density at radius 2 is 0.534 bits per heavy atom. The second-order valence-electron chi connectivity index (χ2n) is 36.3. The molecule has 712 valence electrons. The van der Waals surface area contributed by atoms with E-state index < -0.39 is 0 Å². The van der Waals surface area contributed by atoms with Crippen LogP contribution >= 0.6 is 0 Å². The van der Waals surface area contributed by atoms with Gasteiger partial charge in [-0.25, -0.2) is 0 Å². The maximum atomic E-state index is 6.04. The number of para-hydroxylation sites is 1. The smallest absolute Gasteiger partial charge is 0.455 e. The Hall–Kier alpha value is -16.1. The fourth-order valence-electron chi connectivity index (χ4n) is 18.5. The first-order valence-corrected chi connectivity index (χ1v) is 48.1. The number of nitrogens with zero attached hydrogens (tertiary/aromatic N) is 9. The van der Waals surface area contributed by atoms with Crippen molar-refractivity contribution in [1.82, 2.24) is 29.9 Å². The van der Waals surface area contributed by atoms with E-state index in [1.54, 1.807) is 0 Å². The van der Waals surface area contributed by atoms with Crippen molar-refractivity contribution < 1.29 is 67.6 Å². The predicted molar refractivity (Wildman–Crippen MR) is 590 cm³/mol. The van der Waals surface area contributed by atoms with Crippen LogP contribution in [0.25, 0.3) is 156 Å². The third kappa shape index (κ3) is 22.0. The van der Waals surface area contributed by atoms with Gasteiger partial charge in [0, 0.05) is 58.8 Å². The van der Waals surface area contributed by atoms with E-state index in [0.717, 1.165) is 213 Å². The molecule has 0 spiro atoms. The molecule has 0 unspecified atom stereocenters. The average molecular weight is 2420 g/mol. The van der Waals surface area contributed by atoms with Crippen LogP contribution in [-0.4, -0.2) is 29.9 Å². The summed E-state index contributed by atoms with van der Waals surface area (Å²) in [5.41, 5.74) is 43.0. The van der Waals surface area contributed by atoms with Gasteiger partial charge < -0.3 is 49.0 Å². The summed E-state index contributed by atoms with van der Waals surface area (Å²) >= 11 is 0. The SMILES string of the molecule is Cc1ccc(C)c(N(c2[c-]c(-c3cc(-c4ccccc4)c(C)cn3)ccc2)c2[c-]c(-c3cc4c(cn3)oc3ccccc34)ccc2)c1.Cc1ccc(C)c(N(c2[c-]c(-c3cc(-c4ccccc4)c(C)cn3)ccc2)c2[c-]c(-c3cc4ccccc4cn3)ccc2)c1.Cc1ccc(C)c(N(c2[c-]c(-c3ccccn3)ccc2)c2[c-]c(-c3cc(-c4ccc(-c5ccccc5)cc4)c(C)cn3)cc(-c3ccccc3)c2)c1.[Pt+2].[Pt+2].[Pt+2]. The molecule has 0 radical (unpaired) electrons. The van der Waals surface area contributed by atoms with E-state index in [4.69, 9.17) is 29.3 Å². The molecule has 23 aromatic rings. The molecule has 7 heterocycles. The Labute approximate surface area is 897 Å². The van der Waals surface area contributed by atoms with Gasteiger partial charge in [0.15, 0.2) is 5.58 Å². The Bertz CT molecular complexity index is 8600. The van der Waals surface area contributed by atoms with Gasteiger partial charge in [0.25, 0.3) is 0 Å². The number of aryl methyl sites for hydroxylation is 9. The fraction of sp³-hybridized carbons (Fsp3) is 0.0677. The minimum Gasteiger partial charge on any atom is -0.455 e. The molecule has 146 heavy (non-hydrogen) atoms. The molecule has 10 nitrogen and oxygen atoms in total. The van der Waals surface area contributed by atoms with E-state index in [9.17, 15) is 0 Å². The maximum Gasteiger partial charge on any atom is 2.00 e. The number of fused-ring (bicyclic) bond motifs is 4. The standard InChI is InChI=1S/C49H37N3.C43H31N3O.C41H31N3.3Pt/c1-34-20-21-35(2)49(27-34)52(44-18-12-17-41(29-44)47-19-10-11-26-50-47)45-30-42(38-15-8-5-9-16-38)28-43(31-45)48-32-46(36(3)33-51-48)40-24-22-39(23-25-40)37-13-6-4-7-14-37;1-28-19-20-29(2)41(21-28)46(34-15-9-13-32(22-34)39-24-37(30(3)26-44-39)31-11-5-4-6-12-31)35-16-10-14-33(23-35)40-25-38-36-17-7-8-18-42(36)47-43(38)27-45-40;1-28-19-20-29(2)41(21-28)44(36-17-9-15-33(22-36)39-24-32-13-7-8-14-35(32)27-43-39)37-18-10-16-34(23-37)40-25-38(30(3)26-42-40)31-11-5-4-6-12-31;;;/h4-28,30,32-33H,1-3H3;4-21,24-27H,1-3H3;4-21,24-27H,1-3H3;;;/q3*-2;3*+2. The second-order valence-corrected chi connectivity index (χ2v) is 36.3. The van der Waals surface area contributed by atoms with Crippen LogP contribution < -0.4 is 14.7 Å². The molecule has 13 heteroatoms. The molecule has 0 aliphatic carbocycles. The molecule has 0 atom stereocenters. The summed E-state index contributed by atoms with van der Waals surface area (Å²) in [6.07, 6.45) is 11.4. The van der Waals surface area contributed by atoms with Crippen molar-refractivity contribution >= 4 is 83.9 Å². The van der Waals surface area contributed by atoms with E-state index in [1.807, 2.05) is 97.8 Å². The number of furan rings is 1. The fourth-order valence-corrected chi connectivity index (χ4v) is 18.5. The predicted octanol–water partition coefficient (Wildman–Crippen LogP) is 34.8. The number of benzene rings is 16. The summed E-state index contributed by atoms with van der Waals surface area (Å²) in [6.45, 7) is 19.2. The van der Waals surface area contributed by atoms with Crippen LogP contribution in [0.1, 0.15) is 50.1 Å². The minimum absolute atomic E-state index is 0. The topological polar surface area (TPSA) is 100 Å². The third-order valence-corrected chi connectivity index (χ3v) is 26.1. The van der Waals surface area contributed by atoms with E-state index in [1.165, 1.54) is 44.5 Å². The van der Waals surface area contributed by atoms with Gasteiger partial charge in [0.2, 0.25) is 0 Å². The largest absolute Gasteiger partial charge is 2.00 e. The number of rotatable bonds is 20. The molecule has 0 bridgehead atoms. The van der Waals surface area contributed by atoms with Crippen molar-refractivity contribution in [3.8, 4) is 123 Å². The zero-order valence-corrected chi connectivity index (χ0v) is 88.8. The average Bonchev–Trinajstić information content (AvgIpc) is 1.66. The van der Waals surface area contributed by atoms with Crippen molar-refractivity contribution in [2.45, 2.75) is 62.3 Å². The molecule has 0 fully saturated rings. The molecule has 0 N–H and O–H groups in total. The Kier molecular flexibility index (Phi) is 31.0. The van der Waals surface area contributed by atoms with E-state index >= 15 is 0 Å². The van der Waals surface area contributed by atoms with Gasteiger partial charge in [-0.2, -0.15) is 0 Å². The van der Waals surface area contributed by atoms with Gasteiger partial charge in [-0.15, -0.1) is 173 Å². The summed E-state index contributed by atoms with van der Waals surface area (Å²) in [5, 5.41) is 4.39. The molecule has 23 rings (SSSR count). The molecule has 16 aromatic carbocycles. The summed E-state index contributed by atoms with van der Waals surface area (Å²) in [5.74, 6) is 0. The van der Waals surface area contributed by atoms with Crippen molar-refractivity contribution in [1.29, 1.82) is 0 Å². The van der Waals surface area contributed by atoms with Gasteiger partial charge in [-0.3, -0.25) is 0 Å². The molecule has 0 aliphatic heterocycles. The van der Waals surface area contributed by atoms with Crippen LogP contribution in [0.5, 0.6) is 0 Å². The molecule has 0 saturated heterocycles. The zero-order chi connectivity index (χ0) is 97.4. The number of anilines is 9. The van der Waals surface area contributed by atoms with Crippen LogP contribution in [0, 0.1) is 98.7 Å². The summed E-state index contributed by atoms with van der Waals surface area (Å²) in [6, 6.07) is 162. The van der Waals surface area contributed by atoms with Crippen molar-refractivity contribution in [3.05, 3.63) is 524 Å². The van der Waals surface area contributed by atoms with Crippen molar-refractivity contribution in [3.63, 3.8) is 0 Å². The van der Waals surface area contributed by atoms with Gasteiger partial charge in [-0.05, 0) is 272 Å². The monoisotopic (exact) mass is 2420 g/mol. The quantitative estimate of drug-likeness (QED) is 0.0686. The van der Waals surface area contributed by atoms with Gasteiger partial charge >= 0.3 is 63.2 Å². The molecule has 0 saturated carbocycles. The number of hydrogen-bond acceptors (Lipinski definition) is 10. The molecule has 0 amide bonds. The van der Waals surface area contributed by atoms with Crippen LogP contribution in [-0.2, 0) is 63.2 Å². The molecular formula is C133H99N9OPt3. The van der Waals surface area contributed by atoms with Crippen molar-refractivity contribution in [2.24, 2.45) is 0 Å². The first kappa shape index (κ1) is 100. The first-order valence-electron chi connectivity index (χ1n) is 48.1. The van der Waals surface area contributed by atoms with Gasteiger partial charge in [0.1, 0.15) is 5.58 Å². The molecule has 7 aromatic heterocycles. The van der Waals surface area contributed by atoms with Crippen LogP contribution in [0.4, 0.5) is 51.2 Å². The zero-order valence-electron chi connectivity index (χ0n) is 82.0. The number of aromatic nitrogens is 6. The second kappa shape index (κ2) is 45.3. The summed E-state index contributed by atoms with van der Waals surface area (Å²) in [4.78, 5) is 35.6. The van der Waals surface area contributed by atoms with E-state index in [-0.39, 0.29) is 63.2 Å². The third-order valence-electron chi connectivity index (χ3n) is 26.1. The Balaban J connectivity index is 0.000000143. The summed E-state index contributed by atoms with van der Waals surface area (Å²) < 4.78 is 6.04. The van der Waals surface area contributed by atoms with Crippen molar-refractivity contribution in [2.75, 3.05) is 14.7 Å². The normalized spacial score (nSPS) is 10.9. The molecular weight excluding hydrogens is 2320 g/mol.